The Balaban J connectivity index is 2.18. The van der Waals surface area contributed by atoms with Gasteiger partial charge in [-0.1, -0.05) is 6.42 Å². The molecule has 0 atom stereocenters. The van der Waals surface area contributed by atoms with E-state index in [1.165, 1.54) is 19.3 Å². The summed E-state index contributed by atoms with van der Waals surface area (Å²) < 4.78 is 0.477. The largest absolute Gasteiger partial charge is 0.389 e. The predicted octanol–water partition coefficient (Wildman–Crippen LogP) is 1.63. The van der Waals surface area contributed by atoms with Crippen LogP contribution in [0.3, 0.4) is 0 Å². The van der Waals surface area contributed by atoms with E-state index in [0.717, 1.165) is 6.54 Å². The van der Waals surface area contributed by atoms with Crippen molar-refractivity contribution in [3.8, 4) is 0 Å². The molecule has 0 spiro atoms. The van der Waals surface area contributed by atoms with Crippen molar-refractivity contribution in [2.24, 2.45) is 0 Å². The quantitative estimate of drug-likeness (QED) is 0.712. The van der Waals surface area contributed by atoms with Crippen LogP contribution in [0.5, 0.6) is 0 Å². The maximum absolute atomic E-state index is 9.51. The third kappa shape index (κ3) is 3.49. The summed E-state index contributed by atoms with van der Waals surface area (Å²) in [7, 11) is 0. The van der Waals surface area contributed by atoms with Crippen molar-refractivity contribution in [1.29, 1.82) is 0 Å². The van der Waals surface area contributed by atoms with Crippen LogP contribution in [0.2, 0.25) is 0 Å². The number of thioether (sulfide) groups is 1. The summed E-state index contributed by atoms with van der Waals surface area (Å²) in [6.07, 6.45) is 6.20. The highest BCUT2D eigenvalue weighted by molar-refractivity contribution is 8.00. The van der Waals surface area contributed by atoms with Crippen LogP contribution in [-0.2, 0) is 0 Å². The fourth-order valence-corrected chi connectivity index (χ4v) is 2.56. The van der Waals surface area contributed by atoms with Crippen LogP contribution in [0.4, 0.5) is 0 Å². The van der Waals surface area contributed by atoms with Crippen molar-refractivity contribution < 1.29 is 5.11 Å². The second kappa shape index (κ2) is 4.20. The first kappa shape index (κ1) is 11.3. The topological polar surface area (TPSA) is 32.3 Å². The number of nitrogens with one attached hydrogen (secondary N) is 1. The summed E-state index contributed by atoms with van der Waals surface area (Å²) in [5, 5.41) is 12.9. The molecule has 0 aromatic heterocycles. The predicted molar refractivity (Wildman–Crippen MR) is 59.3 cm³/mol. The lowest BCUT2D eigenvalue weighted by Gasteiger charge is -2.41. The van der Waals surface area contributed by atoms with Crippen LogP contribution in [-0.4, -0.2) is 34.8 Å². The van der Waals surface area contributed by atoms with E-state index in [1.807, 2.05) is 25.6 Å². The second-order valence-corrected chi connectivity index (χ2v) is 5.93. The van der Waals surface area contributed by atoms with Crippen LogP contribution in [0, 0.1) is 0 Å². The highest BCUT2D eigenvalue weighted by Crippen LogP contribution is 2.42. The van der Waals surface area contributed by atoms with E-state index in [-0.39, 0.29) is 0 Å². The van der Waals surface area contributed by atoms with E-state index in [4.69, 9.17) is 0 Å². The highest BCUT2D eigenvalue weighted by atomic mass is 32.2. The zero-order valence-electron chi connectivity index (χ0n) is 8.89. The minimum absolute atomic E-state index is 0.477. The van der Waals surface area contributed by atoms with Crippen molar-refractivity contribution in [2.45, 2.75) is 43.5 Å². The highest BCUT2D eigenvalue weighted by Gasteiger charge is 2.35. The van der Waals surface area contributed by atoms with Gasteiger partial charge in [0.2, 0.25) is 0 Å². The van der Waals surface area contributed by atoms with E-state index in [1.54, 1.807) is 0 Å². The molecule has 1 aliphatic carbocycles. The lowest BCUT2D eigenvalue weighted by molar-refractivity contribution is 0.0782. The van der Waals surface area contributed by atoms with E-state index >= 15 is 0 Å². The van der Waals surface area contributed by atoms with Crippen molar-refractivity contribution in [2.75, 3.05) is 19.3 Å². The molecule has 13 heavy (non-hydrogen) atoms. The zero-order valence-corrected chi connectivity index (χ0v) is 9.71. The van der Waals surface area contributed by atoms with Gasteiger partial charge >= 0.3 is 0 Å². The van der Waals surface area contributed by atoms with Crippen LogP contribution in [0.25, 0.3) is 0 Å². The molecule has 0 radical (unpaired) electrons. The van der Waals surface area contributed by atoms with Gasteiger partial charge in [-0.25, -0.2) is 0 Å². The fraction of sp³-hybridized carbons (Fsp3) is 1.00. The Hall–Kier alpha value is 0.270. The van der Waals surface area contributed by atoms with E-state index in [2.05, 4.69) is 11.6 Å². The summed E-state index contributed by atoms with van der Waals surface area (Å²) in [6, 6.07) is 0. The van der Waals surface area contributed by atoms with Crippen molar-refractivity contribution in [3.63, 3.8) is 0 Å². The van der Waals surface area contributed by atoms with Crippen LogP contribution < -0.4 is 5.32 Å². The molecule has 1 saturated carbocycles. The van der Waals surface area contributed by atoms with Crippen LogP contribution in [0.15, 0.2) is 0 Å². The monoisotopic (exact) mass is 203 g/mol. The molecule has 78 valence electrons. The minimum Gasteiger partial charge on any atom is -0.389 e. The average Bonchev–Trinajstić information content (AvgIpc) is 1.92. The van der Waals surface area contributed by atoms with Gasteiger partial charge in [-0.2, -0.15) is 11.8 Å². The summed E-state index contributed by atoms with van der Waals surface area (Å²) in [6.45, 7) is 5.41. The van der Waals surface area contributed by atoms with Gasteiger partial charge in [-0.05, 0) is 32.9 Å². The molecule has 0 bridgehead atoms. The summed E-state index contributed by atoms with van der Waals surface area (Å²) in [5.74, 6) is 0. The van der Waals surface area contributed by atoms with Crippen molar-refractivity contribution in [1.82, 2.24) is 5.32 Å². The van der Waals surface area contributed by atoms with Crippen LogP contribution >= 0.6 is 11.8 Å². The normalized spacial score (nSPS) is 21.2. The molecule has 0 unspecified atom stereocenters. The molecule has 2 N–H and O–H groups in total. The Morgan fingerprint density at radius 1 is 1.46 bits per heavy atom. The molecule has 0 heterocycles. The molecule has 0 saturated heterocycles. The van der Waals surface area contributed by atoms with Gasteiger partial charge in [-0.3, -0.25) is 0 Å². The first-order valence-electron chi connectivity index (χ1n) is 4.96. The Morgan fingerprint density at radius 3 is 2.38 bits per heavy atom. The molecule has 0 aromatic carbocycles. The Kier molecular flexibility index (Phi) is 3.66. The molecule has 3 heteroatoms. The van der Waals surface area contributed by atoms with Gasteiger partial charge in [0, 0.05) is 17.8 Å². The first-order chi connectivity index (χ1) is 5.97. The molecule has 0 amide bonds. The van der Waals surface area contributed by atoms with E-state index < -0.39 is 5.60 Å². The Morgan fingerprint density at radius 2 is 2.08 bits per heavy atom. The zero-order chi connectivity index (χ0) is 9.95. The molecule has 1 fully saturated rings. The van der Waals surface area contributed by atoms with Crippen molar-refractivity contribution in [3.05, 3.63) is 0 Å². The third-order valence-electron chi connectivity index (χ3n) is 2.70. The van der Waals surface area contributed by atoms with Gasteiger partial charge in [0.05, 0.1) is 5.60 Å². The van der Waals surface area contributed by atoms with Gasteiger partial charge in [0.15, 0.2) is 0 Å². The molecular formula is C10H21NOS. The second-order valence-electron chi connectivity index (χ2n) is 4.66. The number of hydrogen-bond donors (Lipinski definition) is 2. The molecule has 1 rings (SSSR count). The fourth-order valence-electron chi connectivity index (χ4n) is 1.62. The van der Waals surface area contributed by atoms with Gasteiger partial charge in [-0.15, -0.1) is 0 Å². The SMILES string of the molecule is CSC1(CNCC(C)(C)O)CCC1. The van der Waals surface area contributed by atoms with E-state index in [0.29, 0.717) is 11.3 Å². The molecular weight excluding hydrogens is 182 g/mol. The van der Waals surface area contributed by atoms with Gasteiger partial charge < -0.3 is 10.4 Å². The minimum atomic E-state index is -0.580. The van der Waals surface area contributed by atoms with Crippen LogP contribution in [0.1, 0.15) is 33.1 Å². The lowest BCUT2D eigenvalue weighted by atomic mass is 9.84. The summed E-state index contributed by atoms with van der Waals surface area (Å²) in [5.41, 5.74) is -0.580. The lowest BCUT2D eigenvalue weighted by Crippen LogP contribution is -2.46. The standard InChI is InChI=1S/C10H21NOS/c1-9(2,12)7-11-8-10(13-3)5-4-6-10/h11-12H,4-8H2,1-3H3. The number of rotatable bonds is 5. The van der Waals surface area contributed by atoms with Gasteiger partial charge in [0.1, 0.15) is 0 Å². The Bertz CT molecular complexity index is 155. The smallest absolute Gasteiger partial charge is 0.0715 e. The number of aliphatic hydroxyl groups is 1. The molecule has 2 nitrogen and oxygen atoms in total. The molecule has 1 aliphatic rings. The maximum atomic E-state index is 9.51. The summed E-state index contributed by atoms with van der Waals surface area (Å²) in [4.78, 5) is 0. The van der Waals surface area contributed by atoms with Gasteiger partial charge in [0.25, 0.3) is 0 Å². The first-order valence-corrected chi connectivity index (χ1v) is 6.18. The Labute approximate surface area is 85.5 Å². The maximum Gasteiger partial charge on any atom is 0.0715 e. The average molecular weight is 203 g/mol. The van der Waals surface area contributed by atoms with Crippen molar-refractivity contribution >= 4 is 11.8 Å². The molecule has 0 aliphatic heterocycles. The van der Waals surface area contributed by atoms with E-state index in [9.17, 15) is 5.11 Å². The number of hydrogen-bond acceptors (Lipinski definition) is 3. The third-order valence-corrected chi connectivity index (χ3v) is 4.12. The summed E-state index contributed by atoms with van der Waals surface area (Å²) >= 11 is 1.97. The molecule has 0 aromatic rings.